The van der Waals surface area contributed by atoms with E-state index in [1.54, 1.807) is 25.9 Å². The molecule has 144 valence electrons. The summed E-state index contributed by atoms with van der Waals surface area (Å²) in [6.07, 6.45) is 1.47. The number of carbonyl (C=O) groups is 2. The van der Waals surface area contributed by atoms with Gasteiger partial charge in [0.25, 0.3) is 0 Å². The first-order valence-electron chi connectivity index (χ1n) is 9.17. The van der Waals surface area contributed by atoms with Gasteiger partial charge >= 0.3 is 5.97 Å². The predicted octanol–water partition coefficient (Wildman–Crippen LogP) is 2.22. The van der Waals surface area contributed by atoms with Crippen LogP contribution in [0.4, 0.5) is 0 Å². The molecule has 0 radical (unpaired) electrons. The molecule has 0 atom stereocenters. The smallest absolute Gasteiger partial charge is 0.359 e. The summed E-state index contributed by atoms with van der Waals surface area (Å²) in [6, 6.07) is 7.92. The molecule has 7 nitrogen and oxygen atoms in total. The fourth-order valence-electron chi connectivity index (χ4n) is 3.34. The highest BCUT2D eigenvalue weighted by Gasteiger charge is 2.29. The Labute approximate surface area is 158 Å². The number of fused-ring (bicyclic) bond motifs is 1. The van der Waals surface area contributed by atoms with Gasteiger partial charge in [-0.1, -0.05) is 12.1 Å². The van der Waals surface area contributed by atoms with Crippen LogP contribution >= 0.6 is 0 Å². The van der Waals surface area contributed by atoms with Crippen molar-refractivity contribution < 1.29 is 19.1 Å². The van der Waals surface area contributed by atoms with Crippen molar-refractivity contribution in [3.8, 4) is 5.75 Å². The molecule has 2 heterocycles. The maximum absolute atomic E-state index is 12.3. The highest BCUT2D eigenvalue weighted by atomic mass is 16.5. The molecule has 1 aromatic heterocycles. The first-order valence-corrected chi connectivity index (χ1v) is 9.17. The standard InChI is InChI=1S/C20H25N3O4/c1-4-27-20(25)19-17-13-22(14(2)24)11-10-18(17)23(21-19)12-9-15-5-7-16(26-3)8-6-15/h5-8H,4,9-13H2,1-3H3. The summed E-state index contributed by atoms with van der Waals surface area (Å²) < 4.78 is 12.2. The third-order valence-corrected chi connectivity index (χ3v) is 4.82. The van der Waals surface area contributed by atoms with Gasteiger partial charge < -0.3 is 14.4 Å². The van der Waals surface area contributed by atoms with Crippen molar-refractivity contribution in [2.75, 3.05) is 20.3 Å². The fourth-order valence-corrected chi connectivity index (χ4v) is 3.34. The van der Waals surface area contributed by atoms with E-state index < -0.39 is 5.97 Å². The molecule has 0 aliphatic carbocycles. The molecule has 7 heteroatoms. The van der Waals surface area contributed by atoms with Crippen LogP contribution in [0.3, 0.4) is 0 Å². The number of hydrogen-bond donors (Lipinski definition) is 0. The largest absolute Gasteiger partial charge is 0.497 e. The minimum Gasteiger partial charge on any atom is -0.497 e. The second-order valence-corrected chi connectivity index (χ2v) is 6.51. The van der Waals surface area contributed by atoms with Gasteiger partial charge in [-0.3, -0.25) is 9.48 Å². The Morgan fingerprint density at radius 3 is 2.59 bits per heavy atom. The van der Waals surface area contributed by atoms with E-state index in [2.05, 4.69) is 5.10 Å². The summed E-state index contributed by atoms with van der Waals surface area (Å²) in [7, 11) is 1.65. The molecule has 1 aliphatic rings. The van der Waals surface area contributed by atoms with Crippen LogP contribution in [-0.4, -0.2) is 46.8 Å². The second kappa shape index (κ2) is 8.24. The molecule has 0 bridgehead atoms. The van der Waals surface area contributed by atoms with E-state index in [0.29, 0.717) is 38.4 Å². The average molecular weight is 371 g/mol. The van der Waals surface area contributed by atoms with E-state index in [1.165, 1.54) is 5.56 Å². The summed E-state index contributed by atoms with van der Waals surface area (Å²) in [5.74, 6) is 0.396. The second-order valence-electron chi connectivity index (χ2n) is 6.51. The van der Waals surface area contributed by atoms with Crippen LogP contribution < -0.4 is 4.74 Å². The van der Waals surface area contributed by atoms with Crippen LogP contribution in [0.5, 0.6) is 5.75 Å². The molecule has 0 fully saturated rings. The molecule has 0 saturated heterocycles. The summed E-state index contributed by atoms with van der Waals surface area (Å²) in [4.78, 5) is 25.8. The van der Waals surface area contributed by atoms with Crippen LogP contribution in [0.15, 0.2) is 24.3 Å². The molecule has 2 aromatic rings. The van der Waals surface area contributed by atoms with Gasteiger partial charge in [0.15, 0.2) is 5.69 Å². The first kappa shape index (κ1) is 18.9. The van der Waals surface area contributed by atoms with Crippen LogP contribution in [0.1, 0.15) is 41.2 Å². The van der Waals surface area contributed by atoms with Gasteiger partial charge in [0.2, 0.25) is 5.91 Å². The predicted molar refractivity (Wildman–Crippen MR) is 99.7 cm³/mol. The number of aromatic nitrogens is 2. The lowest BCUT2D eigenvalue weighted by Crippen LogP contribution is -2.35. The van der Waals surface area contributed by atoms with Crippen molar-refractivity contribution in [1.29, 1.82) is 0 Å². The Hall–Kier alpha value is -2.83. The third kappa shape index (κ3) is 4.13. The zero-order valence-corrected chi connectivity index (χ0v) is 16.0. The van der Waals surface area contributed by atoms with Gasteiger partial charge in [0.1, 0.15) is 5.75 Å². The number of carbonyl (C=O) groups excluding carboxylic acids is 2. The van der Waals surface area contributed by atoms with Gasteiger partial charge in [0.05, 0.1) is 13.7 Å². The maximum atomic E-state index is 12.3. The number of methoxy groups -OCH3 is 1. The molecule has 1 aliphatic heterocycles. The minimum absolute atomic E-state index is 0.00133. The molecule has 3 rings (SSSR count). The molecule has 1 aromatic carbocycles. The Morgan fingerprint density at radius 1 is 1.22 bits per heavy atom. The van der Waals surface area contributed by atoms with Crippen molar-refractivity contribution in [1.82, 2.24) is 14.7 Å². The molecule has 0 unspecified atom stereocenters. The highest BCUT2D eigenvalue weighted by Crippen LogP contribution is 2.24. The summed E-state index contributed by atoms with van der Waals surface area (Å²) >= 11 is 0. The number of amides is 1. The first-order chi connectivity index (χ1) is 13.0. The van der Waals surface area contributed by atoms with Crippen LogP contribution in [0.2, 0.25) is 0 Å². The molecule has 0 spiro atoms. The van der Waals surface area contributed by atoms with E-state index in [1.807, 2.05) is 28.9 Å². The summed E-state index contributed by atoms with van der Waals surface area (Å²) in [6.45, 7) is 5.31. The van der Waals surface area contributed by atoms with E-state index in [-0.39, 0.29) is 5.91 Å². The third-order valence-electron chi connectivity index (χ3n) is 4.82. The molecule has 27 heavy (non-hydrogen) atoms. The molecule has 0 N–H and O–H groups in total. The van der Waals surface area contributed by atoms with Crippen molar-refractivity contribution in [2.24, 2.45) is 0 Å². The molecular weight excluding hydrogens is 346 g/mol. The van der Waals surface area contributed by atoms with E-state index in [9.17, 15) is 9.59 Å². The summed E-state index contributed by atoms with van der Waals surface area (Å²) in [5, 5.41) is 4.53. The number of nitrogens with zero attached hydrogens (tertiary/aromatic N) is 3. The number of hydrogen-bond acceptors (Lipinski definition) is 5. The van der Waals surface area contributed by atoms with Crippen LogP contribution in [0.25, 0.3) is 0 Å². The van der Waals surface area contributed by atoms with E-state index >= 15 is 0 Å². The Bertz CT molecular complexity index is 826. The van der Waals surface area contributed by atoms with Gasteiger partial charge in [-0.25, -0.2) is 4.79 Å². The Kier molecular flexibility index (Phi) is 5.78. The Morgan fingerprint density at radius 2 is 1.96 bits per heavy atom. The van der Waals surface area contributed by atoms with Crippen LogP contribution in [0, 0.1) is 0 Å². The SMILES string of the molecule is CCOC(=O)c1nn(CCc2ccc(OC)cc2)c2c1CN(C(C)=O)CC2. The fraction of sp³-hybridized carbons (Fsp3) is 0.450. The molecule has 1 amide bonds. The van der Waals surface area contributed by atoms with E-state index in [0.717, 1.165) is 23.4 Å². The minimum atomic E-state index is -0.428. The number of ether oxygens (including phenoxy) is 2. The zero-order valence-electron chi connectivity index (χ0n) is 16.0. The van der Waals surface area contributed by atoms with E-state index in [4.69, 9.17) is 9.47 Å². The Balaban J connectivity index is 1.83. The normalized spacial score (nSPS) is 13.2. The summed E-state index contributed by atoms with van der Waals surface area (Å²) in [5.41, 5.74) is 3.32. The van der Waals surface area contributed by atoms with Crippen molar-refractivity contribution >= 4 is 11.9 Å². The van der Waals surface area contributed by atoms with Crippen LogP contribution in [-0.2, 0) is 35.5 Å². The van der Waals surface area contributed by atoms with Gasteiger partial charge in [0, 0.05) is 44.2 Å². The van der Waals surface area contributed by atoms with Crippen molar-refractivity contribution in [3.63, 3.8) is 0 Å². The molecule has 0 saturated carbocycles. The highest BCUT2D eigenvalue weighted by molar-refractivity contribution is 5.89. The number of aryl methyl sites for hydroxylation is 2. The zero-order chi connectivity index (χ0) is 19.4. The topological polar surface area (TPSA) is 73.7 Å². The number of benzene rings is 1. The van der Waals surface area contributed by atoms with Gasteiger partial charge in [-0.2, -0.15) is 5.10 Å². The maximum Gasteiger partial charge on any atom is 0.359 e. The lowest BCUT2D eigenvalue weighted by molar-refractivity contribution is -0.129. The van der Waals surface area contributed by atoms with Gasteiger partial charge in [-0.15, -0.1) is 0 Å². The van der Waals surface area contributed by atoms with Crippen molar-refractivity contribution in [2.45, 2.75) is 39.8 Å². The molecular formula is C20H25N3O4. The number of esters is 1. The lowest BCUT2D eigenvalue weighted by atomic mass is 10.0. The average Bonchev–Trinajstić information content (AvgIpc) is 3.05. The van der Waals surface area contributed by atoms with Gasteiger partial charge in [-0.05, 0) is 31.0 Å². The lowest BCUT2D eigenvalue weighted by Gasteiger charge is -2.26. The quantitative estimate of drug-likeness (QED) is 0.728. The van der Waals surface area contributed by atoms with Crippen molar-refractivity contribution in [3.05, 3.63) is 46.8 Å². The number of rotatable bonds is 6. The monoisotopic (exact) mass is 371 g/mol.